The van der Waals surface area contributed by atoms with E-state index in [1.54, 1.807) is 29.7 Å². The highest BCUT2D eigenvalue weighted by Crippen LogP contribution is 2.51. The Bertz CT molecular complexity index is 829. The number of nitrogens with one attached hydrogen (secondary N) is 1. The molecule has 1 atom stereocenters. The molecule has 0 aliphatic carbocycles. The molecule has 1 heterocycles. The van der Waals surface area contributed by atoms with E-state index in [0.717, 1.165) is 17.3 Å². The number of hydrogen-bond acceptors (Lipinski definition) is 5. The SMILES string of the molecule is O=C(CN1CCCCOP1(=O)c1ccc(Oc2ccc(Br)cc2)cc1)NO. The Hall–Kier alpha value is -1.70. The zero-order valence-electron chi connectivity index (χ0n) is 14.5. The highest BCUT2D eigenvalue weighted by molar-refractivity contribution is 9.10. The maximum Gasteiger partial charge on any atom is 0.302 e. The van der Waals surface area contributed by atoms with Crippen molar-refractivity contribution in [3.63, 3.8) is 0 Å². The predicted molar refractivity (Wildman–Crippen MR) is 105 cm³/mol. The standard InChI is InChI=1S/C18H20BrN2O5P/c19-14-3-5-15(6-4-14)26-16-7-9-17(10-8-16)27(24)21(13-18(22)20-23)11-1-2-12-25-27/h3-10,23H,1-2,11-13H2,(H,20,22). The van der Waals surface area contributed by atoms with E-state index >= 15 is 0 Å². The van der Waals surface area contributed by atoms with Gasteiger partial charge in [-0.3, -0.25) is 14.6 Å². The van der Waals surface area contributed by atoms with Crippen LogP contribution in [0.2, 0.25) is 0 Å². The van der Waals surface area contributed by atoms with Crippen LogP contribution in [0.4, 0.5) is 0 Å². The van der Waals surface area contributed by atoms with Crippen LogP contribution >= 0.6 is 23.4 Å². The highest BCUT2D eigenvalue weighted by atomic mass is 79.9. The number of rotatable bonds is 5. The summed E-state index contributed by atoms with van der Waals surface area (Å²) in [5, 5.41) is 9.28. The van der Waals surface area contributed by atoms with Crippen LogP contribution in [0.5, 0.6) is 11.5 Å². The van der Waals surface area contributed by atoms with E-state index in [4.69, 9.17) is 14.5 Å². The number of hydrogen-bond donors (Lipinski definition) is 2. The number of nitrogens with zero attached hydrogens (tertiary/aromatic N) is 1. The van der Waals surface area contributed by atoms with Gasteiger partial charge in [-0.05, 0) is 61.4 Å². The fourth-order valence-corrected chi connectivity index (χ4v) is 5.28. The summed E-state index contributed by atoms with van der Waals surface area (Å²) in [6.07, 6.45) is 1.51. The van der Waals surface area contributed by atoms with Crippen LogP contribution in [0.1, 0.15) is 12.8 Å². The number of halogens is 1. The lowest BCUT2D eigenvalue weighted by molar-refractivity contribution is -0.129. The average molecular weight is 455 g/mol. The summed E-state index contributed by atoms with van der Waals surface area (Å²) in [5.41, 5.74) is 1.58. The molecule has 3 rings (SSSR count). The van der Waals surface area contributed by atoms with Crippen molar-refractivity contribution >= 4 is 34.7 Å². The first-order valence-electron chi connectivity index (χ1n) is 8.48. The molecule has 2 aromatic rings. The predicted octanol–water partition coefficient (Wildman–Crippen LogP) is 3.68. The van der Waals surface area contributed by atoms with Crippen LogP contribution in [-0.2, 0) is 13.9 Å². The highest BCUT2D eigenvalue weighted by Gasteiger charge is 2.36. The average Bonchev–Trinajstić information content (AvgIpc) is 2.86. The molecule has 7 nitrogen and oxygen atoms in total. The van der Waals surface area contributed by atoms with Gasteiger partial charge in [0.15, 0.2) is 0 Å². The quantitative estimate of drug-likeness (QED) is 0.407. The van der Waals surface area contributed by atoms with Crippen molar-refractivity contribution in [2.75, 3.05) is 19.7 Å². The minimum Gasteiger partial charge on any atom is -0.457 e. The van der Waals surface area contributed by atoms with E-state index in [1.165, 1.54) is 4.67 Å². The second kappa shape index (κ2) is 8.99. The minimum absolute atomic E-state index is 0.203. The van der Waals surface area contributed by atoms with E-state index in [9.17, 15) is 9.36 Å². The molecule has 1 aliphatic rings. The molecular formula is C18H20BrN2O5P. The van der Waals surface area contributed by atoms with Crippen LogP contribution in [0.3, 0.4) is 0 Å². The molecule has 9 heteroatoms. The van der Waals surface area contributed by atoms with E-state index in [2.05, 4.69) is 15.9 Å². The Kier molecular flexibility index (Phi) is 6.68. The Morgan fingerprint density at radius 1 is 1.15 bits per heavy atom. The van der Waals surface area contributed by atoms with Gasteiger partial charge in [-0.2, -0.15) is 0 Å². The molecule has 144 valence electrons. The van der Waals surface area contributed by atoms with Crippen molar-refractivity contribution in [1.82, 2.24) is 10.2 Å². The molecule has 1 amide bonds. The molecule has 2 N–H and O–H groups in total. The van der Waals surface area contributed by atoms with Gasteiger partial charge in [0.2, 0.25) is 0 Å². The van der Waals surface area contributed by atoms with Gasteiger partial charge in [0.1, 0.15) is 11.5 Å². The number of hydroxylamine groups is 1. The molecule has 2 aromatic carbocycles. The number of ether oxygens (including phenoxy) is 1. The Morgan fingerprint density at radius 2 is 1.78 bits per heavy atom. The van der Waals surface area contributed by atoms with Gasteiger partial charge in [-0.1, -0.05) is 15.9 Å². The Labute approximate surface area is 165 Å². The van der Waals surface area contributed by atoms with Gasteiger partial charge in [-0.25, -0.2) is 10.2 Å². The summed E-state index contributed by atoms with van der Waals surface area (Å²) in [5.74, 6) is 0.655. The Balaban J connectivity index is 1.80. The Morgan fingerprint density at radius 3 is 2.41 bits per heavy atom. The topological polar surface area (TPSA) is 88.1 Å². The second-order valence-corrected chi connectivity index (χ2v) is 9.33. The number of benzene rings is 2. The van der Waals surface area contributed by atoms with E-state index < -0.39 is 13.4 Å². The fourth-order valence-electron chi connectivity index (χ4n) is 2.75. The molecule has 0 aromatic heterocycles. The van der Waals surface area contributed by atoms with Crippen molar-refractivity contribution in [2.45, 2.75) is 12.8 Å². The smallest absolute Gasteiger partial charge is 0.302 e. The minimum atomic E-state index is -3.40. The van der Waals surface area contributed by atoms with Crippen molar-refractivity contribution < 1.29 is 23.8 Å². The van der Waals surface area contributed by atoms with Gasteiger partial charge in [0, 0.05) is 11.0 Å². The molecule has 0 spiro atoms. The van der Waals surface area contributed by atoms with Gasteiger partial charge in [0.05, 0.1) is 18.5 Å². The van der Waals surface area contributed by atoms with E-state index in [1.807, 2.05) is 24.3 Å². The lowest BCUT2D eigenvalue weighted by Gasteiger charge is -2.28. The summed E-state index contributed by atoms with van der Waals surface area (Å²) in [6, 6.07) is 14.2. The number of carbonyl (C=O) groups is 1. The van der Waals surface area contributed by atoms with Gasteiger partial charge < -0.3 is 9.26 Å². The number of carbonyl (C=O) groups excluding carboxylic acids is 1. The summed E-state index contributed by atoms with van der Waals surface area (Å²) in [4.78, 5) is 11.6. The van der Waals surface area contributed by atoms with Crippen LogP contribution < -0.4 is 15.5 Å². The third-order valence-electron chi connectivity index (χ3n) is 4.11. The normalized spacial score (nSPS) is 20.7. The molecule has 1 unspecified atom stereocenters. The van der Waals surface area contributed by atoms with Gasteiger partial charge >= 0.3 is 7.52 Å². The van der Waals surface area contributed by atoms with Crippen LogP contribution in [0, 0.1) is 0 Å². The molecule has 27 heavy (non-hydrogen) atoms. The first-order valence-corrected chi connectivity index (χ1v) is 10.9. The van der Waals surface area contributed by atoms with Crippen LogP contribution in [0.15, 0.2) is 53.0 Å². The van der Waals surface area contributed by atoms with E-state index in [-0.39, 0.29) is 6.54 Å². The molecule has 0 radical (unpaired) electrons. The summed E-state index contributed by atoms with van der Waals surface area (Å²) < 4.78 is 27.5. The summed E-state index contributed by atoms with van der Waals surface area (Å²) >= 11 is 3.38. The third-order valence-corrected chi connectivity index (χ3v) is 7.21. The monoisotopic (exact) mass is 454 g/mol. The molecule has 0 saturated carbocycles. The first-order chi connectivity index (χ1) is 13.0. The van der Waals surface area contributed by atoms with E-state index in [0.29, 0.717) is 30.0 Å². The van der Waals surface area contributed by atoms with Gasteiger partial charge in [-0.15, -0.1) is 0 Å². The summed E-state index contributed by atoms with van der Waals surface area (Å²) in [7, 11) is -3.40. The summed E-state index contributed by atoms with van der Waals surface area (Å²) in [6.45, 7) is 0.596. The first kappa shape index (κ1) is 20.0. The fraction of sp³-hybridized carbons (Fsp3) is 0.278. The van der Waals surface area contributed by atoms with Crippen molar-refractivity contribution in [2.24, 2.45) is 0 Å². The van der Waals surface area contributed by atoms with Crippen molar-refractivity contribution in [1.29, 1.82) is 0 Å². The molecule has 1 aliphatic heterocycles. The van der Waals surface area contributed by atoms with Crippen LogP contribution in [0.25, 0.3) is 0 Å². The molecule has 1 saturated heterocycles. The van der Waals surface area contributed by atoms with Gasteiger partial charge in [0.25, 0.3) is 5.91 Å². The van der Waals surface area contributed by atoms with Crippen LogP contribution in [-0.4, -0.2) is 35.5 Å². The maximum absolute atomic E-state index is 13.5. The molecular weight excluding hydrogens is 435 g/mol. The lowest BCUT2D eigenvalue weighted by atomic mass is 10.3. The molecule has 0 bridgehead atoms. The number of amides is 1. The van der Waals surface area contributed by atoms with Crippen molar-refractivity contribution in [3.05, 3.63) is 53.0 Å². The largest absolute Gasteiger partial charge is 0.457 e. The lowest BCUT2D eigenvalue weighted by Crippen LogP contribution is -2.36. The zero-order chi connectivity index (χ0) is 19.3. The zero-order valence-corrected chi connectivity index (χ0v) is 17.0. The second-order valence-electron chi connectivity index (χ2n) is 6.03. The third kappa shape index (κ3) is 4.97. The maximum atomic E-state index is 13.5. The van der Waals surface area contributed by atoms with Crippen molar-refractivity contribution in [3.8, 4) is 11.5 Å². The molecule has 1 fully saturated rings.